The van der Waals surface area contributed by atoms with Gasteiger partial charge in [0.05, 0.1) is 11.1 Å². The number of phenols is 1. The van der Waals surface area contributed by atoms with Crippen molar-refractivity contribution in [3.05, 3.63) is 81.1 Å². The molecular weight excluding hydrogens is 520 g/mol. The minimum absolute atomic E-state index is 0.00912. The number of aromatic hydroxyl groups is 1. The van der Waals surface area contributed by atoms with Crippen LogP contribution in [0.4, 0.5) is 0 Å². The van der Waals surface area contributed by atoms with Gasteiger partial charge < -0.3 is 20.4 Å². The van der Waals surface area contributed by atoms with Gasteiger partial charge in [0.25, 0.3) is 0 Å². The summed E-state index contributed by atoms with van der Waals surface area (Å²) in [5, 5.41) is 46.0. The lowest BCUT2D eigenvalue weighted by molar-refractivity contribution is -0.164. The fourth-order valence-electron chi connectivity index (χ4n) is 7.19. The van der Waals surface area contributed by atoms with Crippen molar-refractivity contribution in [2.24, 2.45) is 10.8 Å². The predicted octanol–water partition coefficient (Wildman–Crippen LogP) is 5.03. The maximum atomic E-state index is 14.2. The van der Waals surface area contributed by atoms with E-state index in [0.29, 0.717) is 17.5 Å². The molecule has 212 valence electrons. The quantitative estimate of drug-likeness (QED) is 0.309. The highest BCUT2D eigenvalue weighted by atomic mass is 16.3. The molecule has 0 amide bonds. The molecule has 1 fully saturated rings. The highest BCUT2D eigenvalue weighted by Gasteiger charge is 2.68. The molecule has 0 bridgehead atoms. The molecule has 0 spiro atoms. The van der Waals surface area contributed by atoms with Crippen LogP contribution < -0.4 is 0 Å². The summed E-state index contributed by atoms with van der Waals surface area (Å²) >= 11 is 0. The number of phenolic OH excluding ortho intramolecular Hbond substituents is 1. The molecule has 7 nitrogen and oxygen atoms in total. The predicted molar refractivity (Wildman–Crippen MR) is 153 cm³/mol. The van der Waals surface area contributed by atoms with Crippen LogP contribution >= 0.6 is 0 Å². The summed E-state index contributed by atoms with van der Waals surface area (Å²) in [4.78, 5) is 39.3. The zero-order valence-corrected chi connectivity index (χ0v) is 23.9. The van der Waals surface area contributed by atoms with Crippen LogP contribution in [0.25, 0.3) is 5.76 Å². The van der Waals surface area contributed by atoms with Gasteiger partial charge in [0.1, 0.15) is 22.8 Å². The third-order valence-electron chi connectivity index (χ3n) is 9.04. The first-order chi connectivity index (χ1) is 19.2. The lowest BCUT2D eigenvalue weighted by Crippen LogP contribution is -2.65. The zero-order valence-electron chi connectivity index (χ0n) is 23.9. The topological polar surface area (TPSA) is 132 Å². The third kappa shape index (κ3) is 4.04. The molecule has 2 aromatic rings. The molecule has 5 rings (SSSR count). The second-order valence-electron chi connectivity index (χ2n) is 12.5. The molecule has 0 saturated heterocycles. The molecule has 3 aliphatic carbocycles. The molecule has 3 aliphatic rings. The van der Waals surface area contributed by atoms with Gasteiger partial charge in [-0.3, -0.25) is 14.4 Å². The average Bonchev–Trinajstić information content (AvgIpc) is 2.87. The summed E-state index contributed by atoms with van der Waals surface area (Å²) in [6.45, 7) is 8.41. The van der Waals surface area contributed by atoms with Gasteiger partial charge in [0.2, 0.25) is 5.78 Å². The van der Waals surface area contributed by atoms with Crippen molar-refractivity contribution in [2.45, 2.75) is 71.8 Å². The van der Waals surface area contributed by atoms with Crippen LogP contribution in [-0.4, -0.2) is 43.4 Å². The average molecular weight is 555 g/mol. The standard InChI is InChI=1S/C34H34O7/c1-18(2)22-14-21(13-9-12-20-10-7-6-8-11-20)28(37)26-23(22)15-32(4)17-33(5)16-24(36)25(19(3)35)30(39)34(33,41)31(40)27(32)29(26)38/h6-8,10-11,14,18,37-39,41H,12,15-17H2,1-5H3/t32-,33+,34+/m1/s1. The van der Waals surface area contributed by atoms with Gasteiger partial charge in [-0.1, -0.05) is 69.9 Å². The lowest BCUT2D eigenvalue weighted by atomic mass is 9.47. The van der Waals surface area contributed by atoms with E-state index in [0.717, 1.165) is 18.1 Å². The van der Waals surface area contributed by atoms with Crippen LogP contribution in [0.5, 0.6) is 5.75 Å². The van der Waals surface area contributed by atoms with Gasteiger partial charge in [0, 0.05) is 29.2 Å². The first-order valence-electron chi connectivity index (χ1n) is 13.8. The van der Waals surface area contributed by atoms with E-state index in [1.54, 1.807) is 13.8 Å². The zero-order chi connectivity index (χ0) is 30.1. The van der Waals surface area contributed by atoms with Gasteiger partial charge in [-0.25, -0.2) is 0 Å². The summed E-state index contributed by atoms with van der Waals surface area (Å²) < 4.78 is 0. The van der Waals surface area contributed by atoms with Crippen LogP contribution in [-0.2, 0) is 27.2 Å². The Balaban J connectivity index is 1.72. The van der Waals surface area contributed by atoms with E-state index in [2.05, 4.69) is 11.8 Å². The largest absolute Gasteiger partial charge is 0.508 e. The molecule has 0 radical (unpaired) electrons. The van der Waals surface area contributed by atoms with E-state index in [9.17, 15) is 34.8 Å². The summed E-state index contributed by atoms with van der Waals surface area (Å²) in [6.07, 6.45) is 0.449. The number of hydrogen-bond acceptors (Lipinski definition) is 7. The Bertz CT molecular complexity index is 1650. The van der Waals surface area contributed by atoms with Crippen molar-refractivity contribution in [1.82, 2.24) is 0 Å². The Labute approximate surface area is 239 Å². The number of ketones is 3. The Morgan fingerprint density at radius 3 is 2.32 bits per heavy atom. The number of carbonyl (C=O) groups excluding carboxylic acids is 3. The summed E-state index contributed by atoms with van der Waals surface area (Å²) in [7, 11) is 0. The van der Waals surface area contributed by atoms with Gasteiger partial charge in [0.15, 0.2) is 17.2 Å². The Hall–Kier alpha value is -4.15. The SMILES string of the molecule is CC(=O)C1=C(O)[C@]2(O)C(=O)C3=C(O)c4c(O)c(C#CCc5ccccc5)cc(C(C)C)c4C[C@]3(C)C[C@]2(C)CC1=O. The van der Waals surface area contributed by atoms with Gasteiger partial charge in [-0.2, -0.15) is 0 Å². The second-order valence-corrected chi connectivity index (χ2v) is 12.5. The normalized spacial score (nSPS) is 27.2. The van der Waals surface area contributed by atoms with Crippen molar-refractivity contribution in [1.29, 1.82) is 0 Å². The van der Waals surface area contributed by atoms with E-state index < -0.39 is 50.9 Å². The molecule has 1 saturated carbocycles. The Morgan fingerprint density at radius 2 is 1.71 bits per heavy atom. The van der Waals surface area contributed by atoms with E-state index in [1.807, 2.05) is 50.2 Å². The van der Waals surface area contributed by atoms with E-state index in [-0.39, 0.29) is 42.1 Å². The molecule has 3 atom stereocenters. The van der Waals surface area contributed by atoms with Crippen LogP contribution in [0.1, 0.15) is 81.2 Å². The number of rotatable bonds is 3. The molecule has 7 heteroatoms. The number of aliphatic hydroxyl groups is 3. The maximum Gasteiger partial charge on any atom is 0.203 e. The molecule has 0 heterocycles. The molecule has 4 N–H and O–H groups in total. The van der Waals surface area contributed by atoms with Crippen LogP contribution in [0, 0.1) is 22.7 Å². The highest BCUT2D eigenvalue weighted by molar-refractivity contribution is 6.23. The van der Waals surface area contributed by atoms with Gasteiger partial charge in [-0.05, 0) is 48.4 Å². The van der Waals surface area contributed by atoms with Gasteiger partial charge in [-0.15, -0.1) is 0 Å². The molecule has 0 unspecified atom stereocenters. The van der Waals surface area contributed by atoms with E-state index >= 15 is 0 Å². The molecule has 2 aromatic carbocycles. The van der Waals surface area contributed by atoms with Crippen LogP contribution in [0.3, 0.4) is 0 Å². The number of hydrogen-bond donors (Lipinski definition) is 4. The summed E-state index contributed by atoms with van der Waals surface area (Å²) in [5.41, 5.74) is -2.88. The number of fused-ring (bicyclic) bond motifs is 3. The smallest absolute Gasteiger partial charge is 0.203 e. The molecule has 0 aromatic heterocycles. The minimum atomic E-state index is -2.59. The van der Waals surface area contributed by atoms with Crippen LogP contribution in [0.2, 0.25) is 0 Å². The van der Waals surface area contributed by atoms with Crippen molar-refractivity contribution in [3.8, 4) is 17.6 Å². The summed E-state index contributed by atoms with van der Waals surface area (Å²) in [5.74, 6) is 1.98. The first-order valence-corrected chi connectivity index (χ1v) is 13.8. The molecule has 41 heavy (non-hydrogen) atoms. The highest BCUT2D eigenvalue weighted by Crippen LogP contribution is 2.63. The fourth-order valence-corrected chi connectivity index (χ4v) is 7.19. The van der Waals surface area contributed by atoms with Crippen molar-refractivity contribution < 1.29 is 34.8 Å². The van der Waals surface area contributed by atoms with Crippen molar-refractivity contribution >= 4 is 23.1 Å². The monoisotopic (exact) mass is 554 g/mol. The summed E-state index contributed by atoms with van der Waals surface area (Å²) in [6, 6.07) is 11.5. The van der Waals surface area contributed by atoms with E-state index in [4.69, 9.17) is 0 Å². The molecular formula is C34H34O7. The van der Waals surface area contributed by atoms with E-state index in [1.165, 1.54) is 0 Å². The third-order valence-corrected chi connectivity index (χ3v) is 9.04. The first kappa shape index (κ1) is 28.4. The lowest BCUT2D eigenvalue weighted by Gasteiger charge is -2.56. The van der Waals surface area contributed by atoms with Crippen molar-refractivity contribution in [2.75, 3.05) is 0 Å². The minimum Gasteiger partial charge on any atom is -0.508 e. The number of allylic oxidation sites excluding steroid dienone is 1. The number of benzene rings is 2. The number of Topliss-reactive ketones (excluding diaryl/α,β-unsaturated/α-hetero) is 3. The second kappa shape index (κ2) is 9.46. The molecule has 0 aliphatic heterocycles. The Morgan fingerprint density at radius 1 is 1.05 bits per heavy atom. The van der Waals surface area contributed by atoms with Crippen molar-refractivity contribution in [3.63, 3.8) is 0 Å². The van der Waals surface area contributed by atoms with Gasteiger partial charge >= 0.3 is 0 Å². The number of aliphatic hydroxyl groups excluding tert-OH is 2. The fraction of sp³-hybridized carbons (Fsp3) is 0.382. The Kier molecular flexibility index (Phi) is 6.55. The number of carbonyl (C=O) groups is 3. The van der Waals surface area contributed by atoms with Crippen LogP contribution in [0.15, 0.2) is 53.3 Å². The maximum absolute atomic E-state index is 14.2.